The minimum atomic E-state index is -1.14. The van der Waals surface area contributed by atoms with Crippen LogP contribution in [-0.4, -0.2) is 63.8 Å². The van der Waals surface area contributed by atoms with Crippen molar-refractivity contribution < 1.29 is 27.9 Å². The topological polar surface area (TPSA) is 121 Å². The van der Waals surface area contributed by atoms with Crippen molar-refractivity contribution in [1.82, 2.24) is 25.7 Å². The largest absolute Gasteiger partial charge is 0.424 e. The molecule has 3 N–H and O–H groups in total. The summed E-state index contributed by atoms with van der Waals surface area (Å²) in [5.41, 5.74) is 1.64. The first-order valence-corrected chi connectivity index (χ1v) is 14.0. The van der Waals surface area contributed by atoms with E-state index in [0.717, 1.165) is 36.6 Å². The molecule has 0 radical (unpaired) electrons. The van der Waals surface area contributed by atoms with Gasteiger partial charge < -0.3 is 25.1 Å². The Morgan fingerprint density at radius 3 is 2.20 bits per heavy atom. The smallest absolute Gasteiger partial charge is 0.253 e. The average molecular weight is 572 g/mol. The van der Waals surface area contributed by atoms with Crippen molar-refractivity contribution in [3.8, 4) is 0 Å². The summed E-state index contributed by atoms with van der Waals surface area (Å²) in [5.74, 6) is -1.36. The Morgan fingerprint density at radius 2 is 1.59 bits per heavy atom. The Balaban J connectivity index is 1.79. The van der Waals surface area contributed by atoms with Crippen molar-refractivity contribution in [3.63, 3.8) is 0 Å². The van der Waals surface area contributed by atoms with Crippen LogP contribution in [0, 0.1) is 18.6 Å². The van der Waals surface area contributed by atoms with Gasteiger partial charge in [0.15, 0.2) is 0 Å². The number of aliphatic hydroxyl groups excluding tert-OH is 1. The third-order valence-corrected chi connectivity index (χ3v) is 6.46. The first kappa shape index (κ1) is 31.8. The van der Waals surface area contributed by atoms with Gasteiger partial charge in [0.05, 0.1) is 18.7 Å². The Labute approximate surface area is 239 Å². The molecular formula is C30H39F2N5O4. The highest BCUT2D eigenvalue weighted by Gasteiger charge is 2.24. The van der Waals surface area contributed by atoms with Crippen LogP contribution < -0.4 is 10.6 Å². The van der Waals surface area contributed by atoms with Gasteiger partial charge in [-0.2, -0.15) is 0 Å². The molecule has 2 atom stereocenters. The number of carbonyl (C=O) groups excluding carboxylic acids is 2. The third kappa shape index (κ3) is 9.43. The molecule has 9 nitrogen and oxygen atoms in total. The molecule has 0 saturated carbocycles. The molecule has 1 aromatic heterocycles. The molecule has 3 aromatic rings. The van der Waals surface area contributed by atoms with E-state index in [1.54, 1.807) is 24.0 Å². The van der Waals surface area contributed by atoms with Gasteiger partial charge in [-0.05, 0) is 67.6 Å². The molecule has 41 heavy (non-hydrogen) atoms. The fraction of sp³-hybridized carbons (Fsp3) is 0.467. The molecule has 0 aliphatic carbocycles. The molecule has 0 aliphatic heterocycles. The summed E-state index contributed by atoms with van der Waals surface area (Å²) in [5, 5.41) is 24.7. The Kier molecular flexibility index (Phi) is 11.9. The van der Waals surface area contributed by atoms with Gasteiger partial charge in [-0.3, -0.25) is 9.59 Å². The first-order chi connectivity index (χ1) is 19.6. The van der Waals surface area contributed by atoms with Crippen LogP contribution in [0.5, 0.6) is 0 Å². The molecular weight excluding hydrogens is 532 g/mol. The van der Waals surface area contributed by atoms with Crippen molar-refractivity contribution in [2.75, 3.05) is 19.6 Å². The lowest BCUT2D eigenvalue weighted by molar-refractivity contribution is 0.0755. The molecule has 1 heterocycles. The zero-order valence-electron chi connectivity index (χ0n) is 24.0. The monoisotopic (exact) mass is 571 g/mol. The Morgan fingerprint density at radius 1 is 0.951 bits per heavy atom. The van der Waals surface area contributed by atoms with E-state index in [-0.39, 0.29) is 36.5 Å². The van der Waals surface area contributed by atoms with Gasteiger partial charge in [-0.25, -0.2) is 8.78 Å². The summed E-state index contributed by atoms with van der Waals surface area (Å²) in [7, 11) is 0. The molecule has 0 bridgehead atoms. The lowest BCUT2D eigenvalue weighted by atomic mass is 9.99. The highest BCUT2D eigenvalue weighted by molar-refractivity contribution is 6.00. The van der Waals surface area contributed by atoms with Gasteiger partial charge >= 0.3 is 0 Å². The summed E-state index contributed by atoms with van der Waals surface area (Å²) < 4.78 is 33.3. The molecule has 0 unspecified atom stereocenters. The minimum Gasteiger partial charge on any atom is -0.424 e. The number of benzene rings is 2. The van der Waals surface area contributed by atoms with Crippen LogP contribution in [0.4, 0.5) is 8.78 Å². The minimum absolute atomic E-state index is 0.0210. The highest BCUT2D eigenvalue weighted by Crippen LogP contribution is 2.16. The number of halogens is 2. The summed E-state index contributed by atoms with van der Waals surface area (Å²) in [6.45, 7) is 9.11. The number of rotatable bonds is 15. The van der Waals surface area contributed by atoms with Crippen LogP contribution in [0.25, 0.3) is 0 Å². The van der Waals surface area contributed by atoms with E-state index in [0.29, 0.717) is 36.9 Å². The van der Waals surface area contributed by atoms with E-state index in [2.05, 4.69) is 20.8 Å². The first-order valence-electron chi connectivity index (χ1n) is 14.0. The van der Waals surface area contributed by atoms with Crippen LogP contribution in [0.1, 0.15) is 77.2 Å². The van der Waals surface area contributed by atoms with Crippen LogP contribution in [0.2, 0.25) is 0 Å². The van der Waals surface area contributed by atoms with Gasteiger partial charge in [0.25, 0.3) is 11.8 Å². The normalized spacial score (nSPS) is 12.7. The predicted molar refractivity (Wildman–Crippen MR) is 150 cm³/mol. The van der Waals surface area contributed by atoms with Gasteiger partial charge in [0.2, 0.25) is 11.8 Å². The van der Waals surface area contributed by atoms with Crippen molar-refractivity contribution in [2.24, 2.45) is 0 Å². The highest BCUT2D eigenvalue weighted by atomic mass is 19.1. The van der Waals surface area contributed by atoms with E-state index in [9.17, 15) is 23.5 Å². The summed E-state index contributed by atoms with van der Waals surface area (Å²) in [6.07, 6.45) is 1.03. The van der Waals surface area contributed by atoms with E-state index in [1.165, 1.54) is 6.07 Å². The number of hydrogen-bond acceptors (Lipinski definition) is 7. The number of aryl methyl sites for hydroxylation is 2. The maximum absolute atomic E-state index is 13.9. The lowest BCUT2D eigenvalue weighted by Gasteiger charge is -2.25. The predicted octanol–water partition coefficient (Wildman–Crippen LogP) is 3.97. The van der Waals surface area contributed by atoms with Gasteiger partial charge in [0, 0.05) is 43.2 Å². The van der Waals surface area contributed by atoms with Crippen molar-refractivity contribution in [1.29, 1.82) is 0 Å². The lowest BCUT2D eigenvalue weighted by Crippen LogP contribution is -2.48. The average Bonchev–Trinajstić information content (AvgIpc) is 3.39. The number of aromatic nitrogens is 2. The van der Waals surface area contributed by atoms with Crippen LogP contribution in [0.15, 0.2) is 40.8 Å². The molecule has 0 aliphatic rings. The SMILES string of the molecule is CCCN(CCC)C(=O)c1cc(C)cc(C(=O)N[C@@H](Cc2cc(F)cc(F)c2)[C@H](O)CNCc2nnc(CC)o2)c1. The quantitative estimate of drug-likeness (QED) is 0.252. The van der Waals surface area contributed by atoms with Crippen molar-refractivity contribution >= 4 is 11.8 Å². The second-order valence-electron chi connectivity index (χ2n) is 10.1. The van der Waals surface area contributed by atoms with Crippen LogP contribution in [0.3, 0.4) is 0 Å². The van der Waals surface area contributed by atoms with Gasteiger partial charge in [-0.1, -0.05) is 20.8 Å². The van der Waals surface area contributed by atoms with E-state index in [1.807, 2.05) is 20.8 Å². The zero-order chi connectivity index (χ0) is 29.9. The number of amides is 2. The molecule has 2 aromatic carbocycles. The molecule has 11 heteroatoms. The molecule has 0 fully saturated rings. The van der Waals surface area contributed by atoms with Crippen molar-refractivity contribution in [3.05, 3.63) is 82.1 Å². The molecule has 3 rings (SSSR count). The number of nitrogens with zero attached hydrogens (tertiary/aromatic N) is 3. The van der Waals surface area contributed by atoms with E-state index >= 15 is 0 Å². The van der Waals surface area contributed by atoms with Crippen LogP contribution >= 0.6 is 0 Å². The fourth-order valence-electron chi connectivity index (χ4n) is 4.56. The molecule has 222 valence electrons. The second-order valence-corrected chi connectivity index (χ2v) is 10.1. The number of carbonyl (C=O) groups is 2. The zero-order valence-corrected chi connectivity index (χ0v) is 24.0. The summed E-state index contributed by atoms with van der Waals surface area (Å²) in [6, 6.07) is 7.09. The second kappa shape index (κ2) is 15.3. The summed E-state index contributed by atoms with van der Waals surface area (Å²) in [4.78, 5) is 28.4. The van der Waals surface area contributed by atoms with Gasteiger partial charge in [-0.15, -0.1) is 10.2 Å². The molecule has 2 amide bonds. The molecule has 0 saturated heterocycles. The van der Waals surface area contributed by atoms with Gasteiger partial charge in [0.1, 0.15) is 11.6 Å². The van der Waals surface area contributed by atoms with E-state index < -0.39 is 29.7 Å². The van der Waals surface area contributed by atoms with Crippen molar-refractivity contribution in [2.45, 2.75) is 72.1 Å². The standard InChI is InChI=1S/C30H39F2N5O4/c1-5-8-37(9-6-2)30(40)22-11-19(4)10-21(15-22)29(39)34-25(14-20-12-23(31)16-24(32)13-20)26(38)17-33-18-28-36-35-27(7-3)41-28/h10-13,15-16,25-26,33,38H,5-9,14,17-18H2,1-4H3,(H,34,39)/t25-,26+/m0/s1. The Bertz CT molecular complexity index is 1290. The maximum atomic E-state index is 13.9. The van der Waals surface area contributed by atoms with Crippen LogP contribution in [-0.2, 0) is 19.4 Å². The third-order valence-electron chi connectivity index (χ3n) is 6.46. The number of hydrogen-bond donors (Lipinski definition) is 3. The summed E-state index contributed by atoms with van der Waals surface area (Å²) >= 11 is 0. The Hall–Kier alpha value is -3.70. The molecule has 0 spiro atoms. The number of aliphatic hydroxyl groups is 1. The number of nitrogens with one attached hydrogen (secondary N) is 2. The fourth-order valence-corrected chi connectivity index (χ4v) is 4.56. The van der Waals surface area contributed by atoms with E-state index in [4.69, 9.17) is 4.42 Å². The maximum Gasteiger partial charge on any atom is 0.253 e.